The molecule has 0 bridgehead atoms. The molecule has 1 nitrogen and oxygen atoms in total. The molecule has 0 aromatic carbocycles. The van der Waals surface area contributed by atoms with Gasteiger partial charge in [-0.3, -0.25) is 0 Å². The lowest BCUT2D eigenvalue weighted by molar-refractivity contribution is 0.324. The summed E-state index contributed by atoms with van der Waals surface area (Å²) in [7, 11) is 0. The fourth-order valence-corrected chi connectivity index (χ4v) is 2.65. The van der Waals surface area contributed by atoms with Crippen LogP contribution in [0.4, 0.5) is 0 Å². The maximum absolute atomic E-state index is 3.52. The molecule has 1 fully saturated rings. The predicted octanol–water partition coefficient (Wildman–Crippen LogP) is 4.00. The topological polar surface area (TPSA) is 12.0 Å². The molecule has 16 heavy (non-hydrogen) atoms. The maximum atomic E-state index is 3.52. The molecule has 1 aliphatic rings. The van der Waals surface area contributed by atoms with Crippen molar-refractivity contribution in [3.05, 3.63) is 11.6 Å². The standard InChI is InChI=1S/C15H29N/c1-12(2)10-16-11-14(4)9-15-7-5-6-13(3)8-15/h9,12-13,15-16H,5-8,10-11H2,1-4H3/b14-9+. The molecule has 0 radical (unpaired) electrons. The summed E-state index contributed by atoms with van der Waals surface area (Å²) in [4.78, 5) is 0. The normalized spacial score (nSPS) is 27.4. The van der Waals surface area contributed by atoms with Crippen LogP contribution in [0.25, 0.3) is 0 Å². The van der Waals surface area contributed by atoms with Gasteiger partial charge in [0.2, 0.25) is 0 Å². The molecule has 0 aromatic heterocycles. The van der Waals surface area contributed by atoms with Gasteiger partial charge in [0.05, 0.1) is 0 Å². The van der Waals surface area contributed by atoms with Gasteiger partial charge in [-0.2, -0.15) is 0 Å². The van der Waals surface area contributed by atoms with Gasteiger partial charge in [0.15, 0.2) is 0 Å². The van der Waals surface area contributed by atoms with Crippen LogP contribution < -0.4 is 5.32 Å². The van der Waals surface area contributed by atoms with Crippen LogP contribution in [0, 0.1) is 17.8 Å². The molecule has 1 saturated carbocycles. The monoisotopic (exact) mass is 223 g/mol. The van der Waals surface area contributed by atoms with Crippen molar-refractivity contribution in [3.8, 4) is 0 Å². The van der Waals surface area contributed by atoms with Crippen LogP contribution in [0.15, 0.2) is 11.6 Å². The molecule has 1 heteroatoms. The Morgan fingerprint density at radius 3 is 2.75 bits per heavy atom. The first-order valence-corrected chi connectivity index (χ1v) is 6.96. The minimum absolute atomic E-state index is 0.752. The van der Waals surface area contributed by atoms with E-state index >= 15 is 0 Å². The van der Waals surface area contributed by atoms with E-state index in [1.54, 1.807) is 0 Å². The van der Waals surface area contributed by atoms with E-state index in [9.17, 15) is 0 Å². The molecule has 2 unspecified atom stereocenters. The third-order valence-electron chi connectivity index (χ3n) is 3.45. The van der Waals surface area contributed by atoms with Crippen molar-refractivity contribution in [2.24, 2.45) is 17.8 Å². The second kappa shape index (κ2) is 7.11. The SMILES string of the molecule is C/C(=C\C1CCCC(C)C1)CNCC(C)C. The summed E-state index contributed by atoms with van der Waals surface area (Å²) in [5.74, 6) is 2.54. The van der Waals surface area contributed by atoms with Gasteiger partial charge in [-0.25, -0.2) is 0 Å². The summed E-state index contributed by atoms with van der Waals surface area (Å²) in [5.41, 5.74) is 1.53. The van der Waals surface area contributed by atoms with Crippen molar-refractivity contribution in [2.75, 3.05) is 13.1 Å². The number of nitrogens with one attached hydrogen (secondary N) is 1. The molecule has 0 saturated heterocycles. The molecular weight excluding hydrogens is 194 g/mol. The molecule has 0 heterocycles. The Balaban J connectivity index is 2.25. The fourth-order valence-electron chi connectivity index (χ4n) is 2.65. The van der Waals surface area contributed by atoms with Crippen LogP contribution in [0.3, 0.4) is 0 Å². The van der Waals surface area contributed by atoms with Gasteiger partial charge in [0.1, 0.15) is 0 Å². The van der Waals surface area contributed by atoms with Crippen molar-refractivity contribution in [2.45, 2.75) is 53.4 Å². The smallest absolute Gasteiger partial charge is 0.0162 e. The highest BCUT2D eigenvalue weighted by atomic mass is 14.8. The Kier molecular flexibility index (Phi) is 6.12. The zero-order chi connectivity index (χ0) is 12.0. The summed E-state index contributed by atoms with van der Waals surface area (Å²) < 4.78 is 0. The van der Waals surface area contributed by atoms with E-state index < -0.39 is 0 Å². The van der Waals surface area contributed by atoms with E-state index in [0.717, 1.165) is 30.8 Å². The van der Waals surface area contributed by atoms with Crippen LogP contribution in [0.5, 0.6) is 0 Å². The quantitative estimate of drug-likeness (QED) is 0.695. The summed E-state index contributed by atoms with van der Waals surface area (Å²) in [6.07, 6.45) is 8.19. The molecule has 2 atom stereocenters. The molecular formula is C15H29N. The van der Waals surface area contributed by atoms with Crippen molar-refractivity contribution in [1.29, 1.82) is 0 Å². The van der Waals surface area contributed by atoms with E-state index in [2.05, 4.69) is 39.1 Å². The van der Waals surface area contributed by atoms with Crippen LogP contribution in [-0.2, 0) is 0 Å². The predicted molar refractivity (Wildman–Crippen MR) is 72.6 cm³/mol. The maximum Gasteiger partial charge on any atom is 0.0162 e. The highest BCUT2D eigenvalue weighted by molar-refractivity contribution is 5.04. The number of allylic oxidation sites excluding steroid dienone is 1. The van der Waals surface area contributed by atoms with E-state index in [1.807, 2.05) is 0 Å². The van der Waals surface area contributed by atoms with Crippen molar-refractivity contribution >= 4 is 0 Å². The Hall–Kier alpha value is -0.300. The Bertz CT molecular complexity index is 217. The molecule has 94 valence electrons. The Morgan fingerprint density at radius 1 is 1.38 bits per heavy atom. The van der Waals surface area contributed by atoms with Crippen molar-refractivity contribution in [3.63, 3.8) is 0 Å². The number of hydrogen-bond acceptors (Lipinski definition) is 1. The average molecular weight is 223 g/mol. The lowest BCUT2D eigenvalue weighted by Crippen LogP contribution is -2.22. The molecule has 1 aliphatic carbocycles. The minimum atomic E-state index is 0.752. The van der Waals surface area contributed by atoms with E-state index in [0.29, 0.717) is 0 Å². The van der Waals surface area contributed by atoms with Gasteiger partial charge >= 0.3 is 0 Å². The summed E-state index contributed by atoms with van der Waals surface area (Å²) >= 11 is 0. The summed E-state index contributed by atoms with van der Waals surface area (Å²) in [5, 5.41) is 3.52. The van der Waals surface area contributed by atoms with Crippen LogP contribution >= 0.6 is 0 Å². The first-order valence-electron chi connectivity index (χ1n) is 6.96. The van der Waals surface area contributed by atoms with Crippen LogP contribution in [-0.4, -0.2) is 13.1 Å². The molecule has 0 aliphatic heterocycles. The van der Waals surface area contributed by atoms with Gasteiger partial charge in [-0.05, 0) is 44.1 Å². The first-order chi connectivity index (χ1) is 7.58. The Labute approximate surface area is 102 Å². The second-order valence-corrected chi connectivity index (χ2v) is 6.07. The van der Waals surface area contributed by atoms with Crippen molar-refractivity contribution in [1.82, 2.24) is 5.32 Å². The second-order valence-electron chi connectivity index (χ2n) is 6.07. The molecule has 1 N–H and O–H groups in total. The molecule has 0 spiro atoms. The number of hydrogen-bond donors (Lipinski definition) is 1. The third-order valence-corrected chi connectivity index (χ3v) is 3.45. The van der Waals surface area contributed by atoms with Gasteiger partial charge in [-0.15, -0.1) is 0 Å². The average Bonchev–Trinajstić information content (AvgIpc) is 2.16. The first kappa shape index (κ1) is 13.8. The van der Waals surface area contributed by atoms with Crippen molar-refractivity contribution < 1.29 is 0 Å². The molecule has 0 aromatic rings. The minimum Gasteiger partial charge on any atom is -0.313 e. The van der Waals surface area contributed by atoms with E-state index in [-0.39, 0.29) is 0 Å². The highest BCUT2D eigenvalue weighted by Gasteiger charge is 2.16. The fraction of sp³-hybridized carbons (Fsp3) is 0.867. The van der Waals surface area contributed by atoms with E-state index in [1.165, 1.54) is 31.3 Å². The lowest BCUT2D eigenvalue weighted by Gasteiger charge is -2.25. The lowest BCUT2D eigenvalue weighted by atomic mass is 9.82. The Morgan fingerprint density at radius 2 is 2.12 bits per heavy atom. The van der Waals surface area contributed by atoms with Gasteiger partial charge in [0, 0.05) is 6.54 Å². The zero-order valence-electron chi connectivity index (χ0n) is 11.6. The van der Waals surface area contributed by atoms with Gasteiger partial charge in [-0.1, -0.05) is 45.3 Å². The van der Waals surface area contributed by atoms with Crippen LogP contribution in [0.2, 0.25) is 0 Å². The highest BCUT2D eigenvalue weighted by Crippen LogP contribution is 2.29. The van der Waals surface area contributed by atoms with Gasteiger partial charge in [0.25, 0.3) is 0 Å². The van der Waals surface area contributed by atoms with Gasteiger partial charge < -0.3 is 5.32 Å². The zero-order valence-corrected chi connectivity index (χ0v) is 11.6. The molecule has 0 amide bonds. The number of rotatable bonds is 5. The largest absolute Gasteiger partial charge is 0.313 e. The summed E-state index contributed by atoms with van der Waals surface area (Å²) in [6, 6.07) is 0. The van der Waals surface area contributed by atoms with Crippen LogP contribution in [0.1, 0.15) is 53.4 Å². The summed E-state index contributed by atoms with van der Waals surface area (Å²) in [6.45, 7) is 11.4. The molecule has 1 rings (SSSR count). The van der Waals surface area contributed by atoms with E-state index in [4.69, 9.17) is 0 Å². The third kappa shape index (κ3) is 5.69.